The van der Waals surface area contributed by atoms with Crippen LogP contribution in [0, 0.1) is 0 Å². The van der Waals surface area contributed by atoms with Gasteiger partial charge in [-0.3, -0.25) is 9.69 Å². The fourth-order valence-corrected chi connectivity index (χ4v) is 2.45. The Labute approximate surface area is 133 Å². The molecule has 1 aromatic heterocycles. The lowest BCUT2D eigenvalue weighted by molar-refractivity contribution is 0.245. The third-order valence-corrected chi connectivity index (χ3v) is 3.80. The van der Waals surface area contributed by atoms with Crippen LogP contribution in [0.1, 0.15) is 51.6 Å². The molecule has 0 aliphatic carbocycles. The highest BCUT2D eigenvalue weighted by atomic mass is 16.3. The zero-order chi connectivity index (χ0) is 16.4. The van der Waals surface area contributed by atoms with Gasteiger partial charge < -0.3 is 14.8 Å². The summed E-state index contributed by atoms with van der Waals surface area (Å²) in [6.07, 6.45) is 6.68. The van der Waals surface area contributed by atoms with Crippen LogP contribution in [0.5, 0.6) is 5.75 Å². The molecule has 0 radical (unpaired) electrons. The summed E-state index contributed by atoms with van der Waals surface area (Å²) in [6, 6.07) is 1.53. The topological polar surface area (TPSA) is 65.7 Å². The molecule has 0 amide bonds. The predicted molar refractivity (Wildman–Crippen MR) is 89.2 cm³/mol. The van der Waals surface area contributed by atoms with Gasteiger partial charge in [0.05, 0.1) is 6.20 Å². The Hall–Kier alpha value is -1.33. The molecule has 5 heteroatoms. The zero-order valence-corrected chi connectivity index (χ0v) is 13.9. The maximum Gasteiger partial charge on any atom is 0.223 e. The minimum atomic E-state index is -0.332. The van der Waals surface area contributed by atoms with Gasteiger partial charge in [-0.1, -0.05) is 26.7 Å². The van der Waals surface area contributed by atoms with Gasteiger partial charge in [-0.25, -0.2) is 0 Å². The Bertz CT molecular complexity index is 477. The van der Waals surface area contributed by atoms with E-state index in [0.717, 1.165) is 44.5 Å². The number of hydrogen-bond donors (Lipinski definition) is 2. The quantitative estimate of drug-likeness (QED) is 0.658. The van der Waals surface area contributed by atoms with E-state index >= 15 is 0 Å². The molecule has 0 fully saturated rings. The molecule has 0 aliphatic rings. The van der Waals surface area contributed by atoms with Gasteiger partial charge in [-0.15, -0.1) is 0 Å². The highest BCUT2D eigenvalue weighted by Crippen LogP contribution is 2.11. The summed E-state index contributed by atoms with van der Waals surface area (Å²) in [5.74, 6) is -0.227. The number of aromatic hydroxyl groups is 1. The van der Waals surface area contributed by atoms with Gasteiger partial charge in [0.15, 0.2) is 5.75 Å². The number of unbranched alkanes of at least 4 members (excludes halogenated alkanes) is 2. The van der Waals surface area contributed by atoms with Gasteiger partial charge in [0.25, 0.3) is 0 Å². The standard InChI is InChI=1S/C17H30N2O3/c1-3-5-8-18(9-6-4-2)13-15-12-16(21)17(22)14-19(15)10-7-11-20/h12,14,20,22H,3-11,13H2,1-2H3. The minimum absolute atomic E-state index is 0.0989. The van der Waals surface area contributed by atoms with Gasteiger partial charge in [-0.2, -0.15) is 0 Å². The van der Waals surface area contributed by atoms with E-state index in [1.807, 2.05) is 4.57 Å². The fraction of sp³-hybridized carbons (Fsp3) is 0.706. The smallest absolute Gasteiger partial charge is 0.223 e. The van der Waals surface area contributed by atoms with Crippen LogP contribution >= 0.6 is 0 Å². The summed E-state index contributed by atoms with van der Waals surface area (Å²) in [5, 5.41) is 18.6. The average molecular weight is 310 g/mol. The van der Waals surface area contributed by atoms with Crippen LogP contribution in [0.15, 0.2) is 17.1 Å². The first-order valence-corrected chi connectivity index (χ1v) is 8.37. The van der Waals surface area contributed by atoms with Crippen molar-refractivity contribution in [1.29, 1.82) is 0 Å². The second-order valence-electron chi connectivity index (χ2n) is 5.77. The van der Waals surface area contributed by atoms with E-state index in [4.69, 9.17) is 5.11 Å². The Morgan fingerprint density at radius 2 is 1.77 bits per heavy atom. The number of hydrogen-bond acceptors (Lipinski definition) is 4. The molecule has 0 saturated heterocycles. The van der Waals surface area contributed by atoms with Gasteiger partial charge >= 0.3 is 0 Å². The molecule has 0 aromatic carbocycles. The van der Waals surface area contributed by atoms with Crippen LogP contribution in [0.3, 0.4) is 0 Å². The molecule has 0 bridgehead atoms. The van der Waals surface area contributed by atoms with E-state index in [1.165, 1.54) is 12.3 Å². The van der Waals surface area contributed by atoms with Crippen LogP contribution in [0.4, 0.5) is 0 Å². The molecule has 5 nitrogen and oxygen atoms in total. The Morgan fingerprint density at radius 3 is 2.32 bits per heavy atom. The lowest BCUT2D eigenvalue weighted by atomic mass is 10.2. The van der Waals surface area contributed by atoms with Crippen molar-refractivity contribution in [2.75, 3.05) is 19.7 Å². The summed E-state index contributed by atoms with van der Waals surface area (Å²) in [6.45, 7) is 7.81. The van der Waals surface area contributed by atoms with Crippen molar-refractivity contribution >= 4 is 0 Å². The number of pyridine rings is 1. The van der Waals surface area contributed by atoms with E-state index in [0.29, 0.717) is 19.5 Å². The van der Waals surface area contributed by atoms with Gasteiger partial charge in [0.2, 0.25) is 5.43 Å². The molecule has 0 saturated carbocycles. The first-order chi connectivity index (χ1) is 10.6. The Kier molecular flexibility index (Phi) is 8.85. The van der Waals surface area contributed by atoms with E-state index < -0.39 is 0 Å². The van der Waals surface area contributed by atoms with E-state index in [9.17, 15) is 9.90 Å². The van der Waals surface area contributed by atoms with Crippen molar-refractivity contribution in [3.8, 4) is 5.75 Å². The SMILES string of the molecule is CCCCN(CCCC)Cc1cc(=O)c(O)cn1CCCO. The molecular weight excluding hydrogens is 280 g/mol. The second kappa shape index (κ2) is 10.4. The normalized spacial score (nSPS) is 11.3. The van der Waals surface area contributed by atoms with Crippen LogP contribution in [-0.2, 0) is 13.1 Å². The van der Waals surface area contributed by atoms with Crippen molar-refractivity contribution in [2.45, 2.75) is 59.0 Å². The van der Waals surface area contributed by atoms with E-state index in [-0.39, 0.29) is 17.8 Å². The Morgan fingerprint density at radius 1 is 1.14 bits per heavy atom. The maximum absolute atomic E-state index is 11.7. The first-order valence-electron chi connectivity index (χ1n) is 8.37. The van der Waals surface area contributed by atoms with Gasteiger partial charge in [-0.05, 0) is 32.4 Å². The van der Waals surface area contributed by atoms with Crippen molar-refractivity contribution in [3.63, 3.8) is 0 Å². The zero-order valence-electron chi connectivity index (χ0n) is 13.9. The first kappa shape index (κ1) is 18.7. The number of aromatic nitrogens is 1. The number of aryl methyl sites for hydroxylation is 1. The predicted octanol–water partition coefficient (Wildman–Crippen LogP) is 2.34. The fourth-order valence-electron chi connectivity index (χ4n) is 2.45. The van der Waals surface area contributed by atoms with Crippen molar-refractivity contribution < 1.29 is 10.2 Å². The van der Waals surface area contributed by atoms with Crippen molar-refractivity contribution in [2.24, 2.45) is 0 Å². The number of aliphatic hydroxyl groups excluding tert-OH is 1. The lowest BCUT2D eigenvalue weighted by Crippen LogP contribution is -2.28. The van der Waals surface area contributed by atoms with Crippen LogP contribution in [0.2, 0.25) is 0 Å². The highest BCUT2D eigenvalue weighted by Gasteiger charge is 2.11. The third kappa shape index (κ3) is 6.20. The second-order valence-corrected chi connectivity index (χ2v) is 5.77. The van der Waals surface area contributed by atoms with Crippen molar-refractivity contribution in [1.82, 2.24) is 9.47 Å². The molecule has 2 N–H and O–H groups in total. The number of rotatable bonds is 11. The van der Waals surface area contributed by atoms with Crippen LogP contribution < -0.4 is 5.43 Å². The summed E-state index contributed by atoms with van der Waals surface area (Å²) >= 11 is 0. The van der Waals surface area contributed by atoms with Crippen molar-refractivity contribution in [3.05, 3.63) is 28.2 Å². The molecule has 0 spiro atoms. The van der Waals surface area contributed by atoms with E-state index in [1.54, 1.807) is 0 Å². The molecule has 1 aromatic rings. The van der Waals surface area contributed by atoms with Crippen LogP contribution in [-0.4, -0.2) is 39.4 Å². The lowest BCUT2D eigenvalue weighted by Gasteiger charge is -2.24. The molecule has 1 rings (SSSR count). The van der Waals surface area contributed by atoms with Gasteiger partial charge in [0.1, 0.15) is 0 Å². The summed E-state index contributed by atoms with van der Waals surface area (Å²) in [4.78, 5) is 14.1. The van der Waals surface area contributed by atoms with Crippen LogP contribution in [0.25, 0.3) is 0 Å². The Balaban J connectivity index is 2.89. The van der Waals surface area contributed by atoms with Gasteiger partial charge in [0, 0.05) is 31.5 Å². The average Bonchev–Trinajstić information content (AvgIpc) is 2.51. The number of nitrogens with zero attached hydrogens (tertiary/aromatic N) is 2. The molecule has 0 atom stereocenters. The largest absolute Gasteiger partial charge is 0.503 e. The maximum atomic E-state index is 11.7. The number of aliphatic hydroxyl groups is 1. The summed E-state index contributed by atoms with van der Waals surface area (Å²) in [7, 11) is 0. The molecular formula is C17H30N2O3. The summed E-state index contributed by atoms with van der Waals surface area (Å²) < 4.78 is 1.89. The van der Waals surface area contributed by atoms with E-state index in [2.05, 4.69) is 18.7 Å². The third-order valence-electron chi connectivity index (χ3n) is 3.80. The molecule has 0 aliphatic heterocycles. The molecule has 22 heavy (non-hydrogen) atoms. The molecule has 1 heterocycles. The minimum Gasteiger partial charge on any atom is -0.503 e. The molecule has 0 unspecified atom stereocenters. The molecule has 126 valence electrons. The summed E-state index contributed by atoms with van der Waals surface area (Å²) in [5.41, 5.74) is 0.574. The highest BCUT2D eigenvalue weighted by molar-refractivity contribution is 5.20. The monoisotopic (exact) mass is 310 g/mol.